The number of hydrogen-bond acceptors (Lipinski definition) is 5. The second-order valence-corrected chi connectivity index (χ2v) is 5.52. The van der Waals surface area contributed by atoms with E-state index in [4.69, 9.17) is 4.52 Å². The minimum atomic E-state index is -0.289. The van der Waals surface area contributed by atoms with Crippen LogP contribution in [0.4, 0.5) is 0 Å². The molecular formula is C13H14N2O3S. The van der Waals surface area contributed by atoms with Crippen LogP contribution in [0.2, 0.25) is 0 Å². The van der Waals surface area contributed by atoms with Gasteiger partial charge in [0, 0.05) is 19.2 Å². The molecule has 0 aromatic carbocycles. The molecule has 1 amide bonds. The summed E-state index contributed by atoms with van der Waals surface area (Å²) >= 11 is 1.55. The van der Waals surface area contributed by atoms with Crippen molar-refractivity contribution in [3.05, 3.63) is 29.3 Å². The molecule has 3 rings (SSSR count). The third-order valence-corrected chi connectivity index (χ3v) is 4.13. The van der Waals surface area contributed by atoms with Gasteiger partial charge in [-0.3, -0.25) is 4.79 Å². The van der Waals surface area contributed by atoms with Crippen molar-refractivity contribution in [3.63, 3.8) is 0 Å². The summed E-state index contributed by atoms with van der Waals surface area (Å²) in [5.41, 5.74) is 0.333. The van der Waals surface area contributed by atoms with Gasteiger partial charge in [-0.05, 0) is 24.3 Å². The zero-order valence-electron chi connectivity index (χ0n) is 10.3. The van der Waals surface area contributed by atoms with Crippen LogP contribution in [0.25, 0.3) is 10.6 Å². The van der Waals surface area contributed by atoms with E-state index in [-0.39, 0.29) is 12.0 Å². The van der Waals surface area contributed by atoms with Crippen molar-refractivity contribution < 1.29 is 14.4 Å². The lowest BCUT2D eigenvalue weighted by atomic mass is 10.1. The molecule has 1 aliphatic rings. The Morgan fingerprint density at radius 3 is 2.95 bits per heavy atom. The summed E-state index contributed by atoms with van der Waals surface area (Å²) in [4.78, 5) is 14.9. The Bertz CT molecular complexity index is 556. The third-order valence-electron chi connectivity index (χ3n) is 3.24. The first-order chi connectivity index (χ1) is 9.24. The van der Waals surface area contributed by atoms with Crippen LogP contribution in [0.3, 0.4) is 0 Å². The topological polar surface area (TPSA) is 66.6 Å². The lowest BCUT2D eigenvalue weighted by Gasteiger charge is -2.28. The van der Waals surface area contributed by atoms with Gasteiger partial charge in [0.15, 0.2) is 11.5 Å². The number of aromatic nitrogens is 1. The van der Waals surface area contributed by atoms with E-state index < -0.39 is 0 Å². The van der Waals surface area contributed by atoms with Crippen LogP contribution in [-0.2, 0) is 0 Å². The molecule has 1 fully saturated rings. The van der Waals surface area contributed by atoms with Crippen molar-refractivity contribution in [2.75, 3.05) is 13.1 Å². The summed E-state index contributed by atoms with van der Waals surface area (Å²) in [6.07, 6.45) is 0.964. The van der Waals surface area contributed by atoms with E-state index in [2.05, 4.69) is 5.16 Å². The lowest BCUT2D eigenvalue weighted by Crippen LogP contribution is -2.40. The summed E-state index contributed by atoms with van der Waals surface area (Å²) in [5, 5.41) is 15.2. The number of nitrogens with zero attached hydrogens (tertiary/aromatic N) is 2. The van der Waals surface area contributed by atoms with E-state index in [0.29, 0.717) is 37.4 Å². The van der Waals surface area contributed by atoms with Crippen molar-refractivity contribution in [2.45, 2.75) is 18.9 Å². The van der Waals surface area contributed by atoms with Gasteiger partial charge in [-0.15, -0.1) is 11.3 Å². The van der Waals surface area contributed by atoms with Crippen LogP contribution in [0.5, 0.6) is 0 Å². The molecule has 5 nitrogen and oxygen atoms in total. The Balaban J connectivity index is 1.74. The maximum atomic E-state index is 12.2. The number of amides is 1. The molecule has 6 heteroatoms. The minimum absolute atomic E-state index is 0.126. The Hall–Kier alpha value is -1.66. The fourth-order valence-electron chi connectivity index (χ4n) is 2.14. The number of thiophene rings is 1. The monoisotopic (exact) mass is 278 g/mol. The van der Waals surface area contributed by atoms with Gasteiger partial charge in [0.1, 0.15) is 0 Å². The quantitative estimate of drug-likeness (QED) is 0.912. The number of aliphatic hydroxyl groups excluding tert-OH is 1. The third kappa shape index (κ3) is 2.54. The molecule has 0 bridgehead atoms. The lowest BCUT2D eigenvalue weighted by molar-refractivity contribution is 0.0538. The smallest absolute Gasteiger partial charge is 0.276 e. The van der Waals surface area contributed by atoms with Crippen LogP contribution in [-0.4, -0.2) is 40.3 Å². The largest absolute Gasteiger partial charge is 0.393 e. The second kappa shape index (κ2) is 5.14. The van der Waals surface area contributed by atoms with Crippen LogP contribution >= 0.6 is 11.3 Å². The highest BCUT2D eigenvalue weighted by Crippen LogP contribution is 2.25. The summed E-state index contributed by atoms with van der Waals surface area (Å²) in [6, 6.07) is 5.53. The van der Waals surface area contributed by atoms with Gasteiger partial charge < -0.3 is 14.5 Å². The average Bonchev–Trinajstić information content (AvgIpc) is 3.10. The van der Waals surface area contributed by atoms with E-state index in [1.807, 2.05) is 17.5 Å². The number of aliphatic hydroxyl groups is 1. The number of likely N-dealkylation sites (tertiary alicyclic amines) is 1. The van der Waals surface area contributed by atoms with Gasteiger partial charge in [0.25, 0.3) is 5.91 Å². The van der Waals surface area contributed by atoms with Gasteiger partial charge in [-0.2, -0.15) is 0 Å². The highest BCUT2D eigenvalue weighted by Gasteiger charge is 2.24. The molecule has 0 radical (unpaired) electrons. The normalized spacial score (nSPS) is 16.8. The summed E-state index contributed by atoms with van der Waals surface area (Å²) < 4.78 is 5.21. The number of piperidine rings is 1. The SMILES string of the molecule is O=C(c1cc(-c2cccs2)on1)N1CCC(O)CC1. The molecular weight excluding hydrogens is 264 g/mol. The summed E-state index contributed by atoms with van der Waals surface area (Å²) in [6.45, 7) is 1.14. The van der Waals surface area contributed by atoms with Crippen molar-refractivity contribution in [1.82, 2.24) is 10.1 Å². The highest BCUT2D eigenvalue weighted by molar-refractivity contribution is 7.13. The molecule has 3 heterocycles. The number of carbonyl (C=O) groups excluding carboxylic acids is 1. The molecule has 1 saturated heterocycles. The second-order valence-electron chi connectivity index (χ2n) is 4.58. The van der Waals surface area contributed by atoms with Gasteiger partial charge in [-0.1, -0.05) is 11.2 Å². The first-order valence-corrected chi connectivity index (χ1v) is 7.10. The van der Waals surface area contributed by atoms with Crippen molar-refractivity contribution in [3.8, 4) is 10.6 Å². The molecule has 1 aliphatic heterocycles. The molecule has 2 aromatic heterocycles. The highest BCUT2D eigenvalue weighted by atomic mass is 32.1. The van der Waals surface area contributed by atoms with Crippen LogP contribution < -0.4 is 0 Å². The maximum absolute atomic E-state index is 12.2. The fraction of sp³-hybridized carbons (Fsp3) is 0.385. The van der Waals surface area contributed by atoms with Crippen LogP contribution in [0.1, 0.15) is 23.3 Å². The Labute approximate surface area is 114 Å². The number of carbonyl (C=O) groups is 1. The molecule has 100 valence electrons. The van der Waals surface area contributed by atoms with E-state index in [1.54, 1.807) is 22.3 Å². The Morgan fingerprint density at radius 2 is 2.26 bits per heavy atom. The van der Waals surface area contributed by atoms with E-state index >= 15 is 0 Å². The van der Waals surface area contributed by atoms with Crippen molar-refractivity contribution in [1.29, 1.82) is 0 Å². The predicted molar refractivity (Wildman–Crippen MR) is 71.0 cm³/mol. The van der Waals surface area contributed by atoms with Crippen molar-refractivity contribution >= 4 is 17.2 Å². The van der Waals surface area contributed by atoms with Crippen LogP contribution in [0, 0.1) is 0 Å². The Kier molecular flexibility index (Phi) is 3.35. The van der Waals surface area contributed by atoms with Crippen molar-refractivity contribution in [2.24, 2.45) is 0 Å². The van der Waals surface area contributed by atoms with E-state index in [9.17, 15) is 9.90 Å². The molecule has 0 saturated carbocycles. The van der Waals surface area contributed by atoms with E-state index in [0.717, 1.165) is 4.88 Å². The van der Waals surface area contributed by atoms with Gasteiger partial charge in [0.05, 0.1) is 11.0 Å². The summed E-state index contributed by atoms with van der Waals surface area (Å²) in [5.74, 6) is 0.494. The molecule has 1 N–H and O–H groups in total. The molecule has 0 unspecified atom stereocenters. The zero-order valence-corrected chi connectivity index (χ0v) is 11.1. The van der Waals surface area contributed by atoms with E-state index in [1.165, 1.54) is 0 Å². The molecule has 2 aromatic rings. The van der Waals surface area contributed by atoms with Crippen LogP contribution in [0.15, 0.2) is 28.1 Å². The predicted octanol–water partition coefficient (Wildman–Crippen LogP) is 2.00. The first-order valence-electron chi connectivity index (χ1n) is 6.22. The van der Waals surface area contributed by atoms with Gasteiger partial charge in [-0.25, -0.2) is 0 Å². The molecule has 0 atom stereocenters. The first kappa shape index (κ1) is 12.4. The maximum Gasteiger partial charge on any atom is 0.276 e. The molecule has 0 aliphatic carbocycles. The summed E-state index contributed by atoms with van der Waals surface area (Å²) in [7, 11) is 0. The van der Waals surface area contributed by atoms with Gasteiger partial charge in [0.2, 0.25) is 0 Å². The molecule has 0 spiro atoms. The number of hydrogen-bond donors (Lipinski definition) is 1. The minimum Gasteiger partial charge on any atom is -0.393 e. The zero-order chi connectivity index (χ0) is 13.2. The fourth-order valence-corrected chi connectivity index (χ4v) is 2.82. The molecule has 19 heavy (non-hydrogen) atoms. The number of rotatable bonds is 2. The average molecular weight is 278 g/mol. The standard InChI is InChI=1S/C13H14N2O3S/c16-9-3-5-15(6-4-9)13(17)10-8-11(18-14-10)12-2-1-7-19-12/h1-2,7-9,16H,3-6H2. The Morgan fingerprint density at radius 1 is 1.47 bits per heavy atom. The van der Waals surface area contributed by atoms with Gasteiger partial charge >= 0.3 is 0 Å².